The summed E-state index contributed by atoms with van der Waals surface area (Å²) in [6.45, 7) is 5.80. The quantitative estimate of drug-likeness (QED) is 0.844. The van der Waals surface area contributed by atoms with Gasteiger partial charge in [-0.3, -0.25) is 4.79 Å². The van der Waals surface area contributed by atoms with E-state index in [9.17, 15) is 9.90 Å². The minimum absolute atomic E-state index is 0.156. The molecule has 0 bridgehead atoms. The van der Waals surface area contributed by atoms with Gasteiger partial charge in [0.15, 0.2) is 0 Å². The molecule has 1 atom stereocenters. The zero-order valence-electron chi connectivity index (χ0n) is 11.9. The first-order chi connectivity index (χ1) is 8.95. The van der Waals surface area contributed by atoms with Crippen molar-refractivity contribution in [2.45, 2.75) is 52.6 Å². The molecular formula is C16H22O3. The SMILES string of the molecule is CCC(C)(C)C(=O)OC1CCCc2c(O)cccc21. The van der Waals surface area contributed by atoms with Crippen LogP contribution in [0.25, 0.3) is 0 Å². The first kappa shape index (κ1) is 13.9. The Labute approximate surface area is 114 Å². The fourth-order valence-electron chi connectivity index (χ4n) is 2.34. The van der Waals surface area contributed by atoms with Gasteiger partial charge in [0.1, 0.15) is 11.9 Å². The van der Waals surface area contributed by atoms with Crippen molar-refractivity contribution in [2.24, 2.45) is 5.41 Å². The first-order valence-electron chi connectivity index (χ1n) is 6.97. The van der Waals surface area contributed by atoms with E-state index in [0.29, 0.717) is 5.75 Å². The molecule has 0 fully saturated rings. The lowest BCUT2D eigenvalue weighted by Crippen LogP contribution is -2.28. The molecule has 0 amide bonds. The normalized spacial score (nSPS) is 18.8. The zero-order chi connectivity index (χ0) is 14.0. The van der Waals surface area contributed by atoms with Gasteiger partial charge in [-0.05, 0) is 51.2 Å². The fourth-order valence-corrected chi connectivity index (χ4v) is 2.34. The Morgan fingerprint density at radius 1 is 1.47 bits per heavy atom. The van der Waals surface area contributed by atoms with Crippen LogP contribution in [0.15, 0.2) is 18.2 Å². The maximum Gasteiger partial charge on any atom is 0.312 e. The summed E-state index contributed by atoms with van der Waals surface area (Å²) in [6.07, 6.45) is 3.17. The topological polar surface area (TPSA) is 46.5 Å². The van der Waals surface area contributed by atoms with Gasteiger partial charge >= 0.3 is 5.97 Å². The number of phenolic OH excluding ortho intramolecular Hbond substituents is 1. The van der Waals surface area contributed by atoms with E-state index in [1.165, 1.54) is 0 Å². The minimum atomic E-state index is -0.450. The van der Waals surface area contributed by atoms with Crippen LogP contribution in [0.3, 0.4) is 0 Å². The number of fused-ring (bicyclic) bond motifs is 1. The molecule has 1 aromatic rings. The molecule has 0 saturated carbocycles. The molecule has 3 heteroatoms. The predicted octanol–water partition coefficient (Wildman–Crippen LogP) is 3.75. The molecule has 1 aliphatic rings. The lowest BCUT2D eigenvalue weighted by Gasteiger charge is -2.29. The molecule has 104 valence electrons. The fraction of sp³-hybridized carbons (Fsp3) is 0.562. The average Bonchev–Trinajstić information content (AvgIpc) is 2.40. The summed E-state index contributed by atoms with van der Waals surface area (Å²) in [5.74, 6) is 0.157. The summed E-state index contributed by atoms with van der Waals surface area (Å²) < 4.78 is 5.68. The molecule has 0 radical (unpaired) electrons. The minimum Gasteiger partial charge on any atom is -0.508 e. The summed E-state index contributed by atoms with van der Waals surface area (Å²) in [4.78, 5) is 12.2. The lowest BCUT2D eigenvalue weighted by atomic mass is 9.87. The number of carbonyl (C=O) groups is 1. The smallest absolute Gasteiger partial charge is 0.312 e. The summed E-state index contributed by atoms with van der Waals surface area (Å²) in [7, 11) is 0. The Morgan fingerprint density at radius 2 is 2.21 bits per heavy atom. The number of carbonyl (C=O) groups excluding carboxylic acids is 1. The molecule has 1 aliphatic carbocycles. The van der Waals surface area contributed by atoms with E-state index in [4.69, 9.17) is 4.74 Å². The van der Waals surface area contributed by atoms with E-state index in [-0.39, 0.29) is 12.1 Å². The third kappa shape index (κ3) is 2.75. The van der Waals surface area contributed by atoms with Gasteiger partial charge in [-0.15, -0.1) is 0 Å². The monoisotopic (exact) mass is 262 g/mol. The number of aromatic hydroxyl groups is 1. The van der Waals surface area contributed by atoms with E-state index in [1.54, 1.807) is 6.07 Å². The molecule has 0 heterocycles. The second-order valence-electron chi connectivity index (χ2n) is 5.87. The van der Waals surface area contributed by atoms with Gasteiger partial charge in [-0.25, -0.2) is 0 Å². The van der Waals surface area contributed by atoms with Crippen LogP contribution in [0.4, 0.5) is 0 Å². The Bertz CT molecular complexity index is 477. The van der Waals surface area contributed by atoms with Crippen molar-refractivity contribution >= 4 is 5.97 Å². The van der Waals surface area contributed by atoms with Gasteiger partial charge in [0.25, 0.3) is 0 Å². The molecule has 3 nitrogen and oxygen atoms in total. The van der Waals surface area contributed by atoms with E-state index in [2.05, 4.69) is 0 Å². The third-order valence-electron chi connectivity index (χ3n) is 4.11. The second-order valence-corrected chi connectivity index (χ2v) is 5.87. The number of benzene rings is 1. The van der Waals surface area contributed by atoms with Crippen LogP contribution in [-0.4, -0.2) is 11.1 Å². The average molecular weight is 262 g/mol. The van der Waals surface area contributed by atoms with Gasteiger partial charge in [-0.2, -0.15) is 0 Å². The number of rotatable bonds is 3. The summed E-state index contributed by atoms with van der Waals surface area (Å²) in [6, 6.07) is 5.45. The first-order valence-corrected chi connectivity index (χ1v) is 6.97. The van der Waals surface area contributed by atoms with Crippen LogP contribution in [0, 0.1) is 5.41 Å². The molecule has 0 aliphatic heterocycles. The van der Waals surface area contributed by atoms with Crippen molar-refractivity contribution < 1.29 is 14.6 Å². The van der Waals surface area contributed by atoms with E-state index in [1.807, 2.05) is 32.9 Å². The van der Waals surface area contributed by atoms with Gasteiger partial charge in [0.2, 0.25) is 0 Å². The molecule has 1 aromatic carbocycles. The molecule has 0 aromatic heterocycles. The number of hydrogen-bond acceptors (Lipinski definition) is 3. The van der Waals surface area contributed by atoms with Gasteiger partial charge < -0.3 is 9.84 Å². The van der Waals surface area contributed by atoms with Crippen molar-refractivity contribution in [3.05, 3.63) is 29.3 Å². The Hall–Kier alpha value is -1.51. The lowest BCUT2D eigenvalue weighted by molar-refractivity contribution is -0.161. The predicted molar refractivity (Wildman–Crippen MR) is 73.9 cm³/mol. The van der Waals surface area contributed by atoms with Crippen molar-refractivity contribution in [2.75, 3.05) is 0 Å². The van der Waals surface area contributed by atoms with Crippen molar-refractivity contribution in [1.82, 2.24) is 0 Å². The molecular weight excluding hydrogens is 240 g/mol. The van der Waals surface area contributed by atoms with Crippen molar-refractivity contribution in [3.63, 3.8) is 0 Å². The van der Waals surface area contributed by atoms with Crippen LogP contribution in [0.1, 0.15) is 57.3 Å². The van der Waals surface area contributed by atoms with E-state index >= 15 is 0 Å². The van der Waals surface area contributed by atoms with Crippen LogP contribution >= 0.6 is 0 Å². The largest absolute Gasteiger partial charge is 0.508 e. The van der Waals surface area contributed by atoms with Crippen molar-refractivity contribution in [1.29, 1.82) is 0 Å². The van der Waals surface area contributed by atoms with Gasteiger partial charge in [-0.1, -0.05) is 19.1 Å². The van der Waals surface area contributed by atoms with E-state index < -0.39 is 5.41 Å². The number of hydrogen-bond donors (Lipinski definition) is 1. The third-order valence-corrected chi connectivity index (χ3v) is 4.11. The highest BCUT2D eigenvalue weighted by molar-refractivity contribution is 5.76. The number of ether oxygens (including phenoxy) is 1. The molecule has 0 spiro atoms. The van der Waals surface area contributed by atoms with Crippen LogP contribution in [-0.2, 0) is 16.0 Å². The molecule has 1 N–H and O–H groups in total. The maximum atomic E-state index is 12.2. The highest BCUT2D eigenvalue weighted by Crippen LogP contribution is 2.38. The number of phenols is 1. The van der Waals surface area contributed by atoms with Crippen LogP contribution in [0.2, 0.25) is 0 Å². The molecule has 0 saturated heterocycles. The summed E-state index contributed by atoms with van der Waals surface area (Å²) >= 11 is 0. The van der Waals surface area contributed by atoms with E-state index in [0.717, 1.165) is 36.8 Å². The summed E-state index contributed by atoms with van der Waals surface area (Å²) in [5.41, 5.74) is 1.45. The Balaban J connectivity index is 2.21. The van der Waals surface area contributed by atoms with Crippen molar-refractivity contribution in [3.8, 4) is 5.75 Å². The Kier molecular flexibility index (Phi) is 3.83. The Morgan fingerprint density at radius 3 is 2.89 bits per heavy atom. The standard InChI is InChI=1S/C16H22O3/c1-4-16(2,3)15(18)19-14-10-6-7-11-12(14)8-5-9-13(11)17/h5,8-9,14,17H,4,6-7,10H2,1-3H3. The van der Waals surface area contributed by atoms with Gasteiger partial charge in [0.05, 0.1) is 5.41 Å². The van der Waals surface area contributed by atoms with Crippen LogP contribution in [0.5, 0.6) is 5.75 Å². The highest BCUT2D eigenvalue weighted by atomic mass is 16.5. The molecule has 1 unspecified atom stereocenters. The number of esters is 1. The molecule has 2 rings (SSSR count). The summed E-state index contributed by atoms with van der Waals surface area (Å²) in [5, 5.41) is 9.87. The molecule has 19 heavy (non-hydrogen) atoms. The highest BCUT2D eigenvalue weighted by Gasteiger charge is 2.32. The van der Waals surface area contributed by atoms with Crippen LogP contribution < -0.4 is 0 Å². The zero-order valence-corrected chi connectivity index (χ0v) is 11.9. The maximum absolute atomic E-state index is 12.2. The van der Waals surface area contributed by atoms with Gasteiger partial charge in [0, 0.05) is 5.56 Å². The second kappa shape index (κ2) is 5.24.